The highest BCUT2D eigenvalue weighted by atomic mass is 16.2. The van der Waals surface area contributed by atoms with Gasteiger partial charge in [0.25, 0.3) is 0 Å². The average Bonchev–Trinajstić information content (AvgIpc) is 2.78. The first-order valence-electron chi connectivity index (χ1n) is 10.3. The van der Waals surface area contributed by atoms with E-state index < -0.39 is 0 Å². The normalized spacial score (nSPS) is 11.7. The molecule has 0 spiro atoms. The van der Waals surface area contributed by atoms with Crippen LogP contribution >= 0.6 is 0 Å². The highest BCUT2D eigenvalue weighted by Crippen LogP contribution is 2.27. The van der Waals surface area contributed by atoms with E-state index in [1.165, 1.54) is 18.1 Å². The van der Waals surface area contributed by atoms with Gasteiger partial charge in [-0.05, 0) is 23.1 Å². The van der Waals surface area contributed by atoms with Gasteiger partial charge in [-0.15, -0.1) is 0 Å². The zero-order chi connectivity index (χ0) is 21.2. The molecule has 3 aromatic carbocycles. The molecule has 4 nitrogen and oxygen atoms in total. The molecule has 3 rings (SSSR count). The largest absolute Gasteiger partial charge is 0.356 e. The number of benzene rings is 3. The van der Waals surface area contributed by atoms with E-state index in [0.717, 1.165) is 12.0 Å². The number of carbonyl (C=O) groups is 2. The minimum atomic E-state index is -0.331. The molecular formula is C26H28N2O2. The predicted octanol–water partition coefficient (Wildman–Crippen LogP) is 4.59. The van der Waals surface area contributed by atoms with Crippen LogP contribution in [0.4, 0.5) is 0 Å². The van der Waals surface area contributed by atoms with Crippen LogP contribution in [0.5, 0.6) is 0 Å². The average molecular weight is 401 g/mol. The molecule has 0 heterocycles. The molecule has 1 atom stereocenters. The minimum Gasteiger partial charge on any atom is -0.356 e. The van der Waals surface area contributed by atoms with E-state index in [4.69, 9.17) is 0 Å². The summed E-state index contributed by atoms with van der Waals surface area (Å²) in [6.45, 7) is 2.03. The van der Waals surface area contributed by atoms with Crippen molar-refractivity contribution < 1.29 is 9.59 Å². The van der Waals surface area contributed by atoms with Crippen molar-refractivity contribution in [2.24, 2.45) is 0 Å². The fourth-order valence-corrected chi connectivity index (χ4v) is 3.69. The van der Waals surface area contributed by atoms with E-state index in [1.807, 2.05) is 66.7 Å². The molecule has 0 saturated heterocycles. The second-order valence-electron chi connectivity index (χ2n) is 7.38. The van der Waals surface area contributed by atoms with Gasteiger partial charge in [0.05, 0.1) is 12.5 Å². The highest BCUT2D eigenvalue weighted by molar-refractivity contribution is 5.79. The highest BCUT2D eigenvalue weighted by Gasteiger charge is 2.18. The van der Waals surface area contributed by atoms with Crippen LogP contribution in [0.1, 0.15) is 48.4 Å². The second-order valence-corrected chi connectivity index (χ2v) is 7.38. The molecule has 0 bridgehead atoms. The predicted molar refractivity (Wildman–Crippen MR) is 120 cm³/mol. The smallest absolute Gasteiger partial charge is 0.222 e. The Labute approximate surface area is 178 Å². The lowest BCUT2D eigenvalue weighted by molar-refractivity contribution is -0.122. The summed E-state index contributed by atoms with van der Waals surface area (Å²) in [6.07, 6.45) is 1.01. The zero-order valence-corrected chi connectivity index (χ0v) is 17.3. The Kier molecular flexibility index (Phi) is 7.78. The molecule has 0 aliphatic rings. The minimum absolute atomic E-state index is 0.0718. The molecule has 0 fully saturated rings. The van der Waals surface area contributed by atoms with E-state index in [1.54, 1.807) is 0 Å². The van der Waals surface area contributed by atoms with Crippen molar-refractivity contribution in [2.45, 2.75) is 31.7 Å². The maximum Gasteiger partial charge on any atom is 0.222 e. The van der Waals surface area contributed by atoms with E-state index in [2.05, 4.69) is 34.9 Å². The van der Waals surface area contributed by atoms with Gasteiger partial charge >= 0.3 is 0 Å². The molecule has 2 N–H and O–H groups in total. The van der Waals surface area contributed by atoms with Gasteiger partial charge in [0, 0.05) is 19.4 Å². The Hall–Kier alpha value is -3.40. The number of amides is 2. The third-order valence-electron chi connectivity index (χ3n) is 5.13. The summed E-state index contributed by atoms with van der Waals surface area (Å²) in [5.74, 6) is -0.00434. The summed E-state index contributed by atoms with van der Waals surface area (Å²) in [5.41, 5.74) is 3.39. The summed E-state index contributed by atoms with van der Waals surface area (Å²) in [6, 6.07) is 30.0. The van der Waals surface area contributed by atoms with Gasteiger partial charge < -0.3 is 10.6 Å². The fraction of sp³-hybridized carbons (Fsp3) is 0.231. The number of nitrogens with one attached hydrogen (secondary N) is 2. The van der Waals surface area contributed by atoms with E-state index in [0.29, 0.717) is 6.54 Å². The van der Waals surface area contributed by atoms with Gasteiger partial charge in [0.15, 0.2) is 0 Å². The molecule has 154 valence electrons. The van der Waals surface area contributed by atoms with Gasteiger partial charge in [0.2, 0.25) is 11.8 Å². The number of carbonyl (C=O) groups excluding carboxylic acids is 2. The van der Waals surface area contributed by atoms with Gasteiger partial charge in [-0.3, -0.25) is 9.59 Å². The summed E-state index contributed by atoms with van der Waals surface area (Å²) < 4.78 is 0. The SMILES string of the molecule is CC(=O)NC(CC(=O)NCCC(c1ccccc1)c1ccccc1)c1ccccc1. The molecule has 0 radical (unpaired) electrons. The molecule has 1 unspecified atom stereocenters. The van der Waals surface area contributed by atoms with Crippen molar-refractivity contribution in [1.29, 1.82) is 0 Å². The van der Waals surface area contributed by atoms with E-state index in [9.17, 15) is 9.59 Å². The summed E-state index contributed by atoms with van der Waals surface area (Å²) in [7, 11) is 0. The number of hydrogen-bond donors (Lipinski definition) is 2. The summed E-state index contributed by atoms with van der Waals surface area (Å²) in [4.78, 5) is 24.2. The topological polar surface area (TPSA) is 58.2 Å². The maximum absolute atomic E-state index is 12.6. The van der Waals surface area contributed by atoms with Gasteiger partial charge in [-0.2, -0.15) is 0 Å². The molecule has 0 aliphatic heterocycles. The Morgan fingerprint density at radius 2 is 1.20 bits per heavy atom. The molecule has 3 aromatic rings. The lowest BCUT2D eigenvalue weighted by Gasteiger charge is -2.20. The van der Waals surface area contributed by atoms with Crippen molar-refractivity contribution in [3.05, 3.63) is 108 Å². The van der Waals surface area contributed by atoms with Gasteiger partial charge in [-0.25, -0.2) is 0 Å². The van der Waals surface area contributed by atoms with Gasteiger partial charge in [0.1, 0.15) is 0 Å². The van der Waals surface area contributed by atoms with E-state index in [-0.39, 0.29) is 30.2 Å². The van der Waals surface area contributed by atoms with Crippen LogP contribution in [-0.4, -0.2) is 18.4 Å². The lowest BCUT2D eigenvalue weighted by Crippen LogP contribution is -2.33. The van der Waals surface area contributed by atoms with Crippen LogP contribution in [-0.2, 0) is 9.59 Å². The molecule has 30 heavy (non-hydrogen) atoms. The first-order chi connectivity index (χ1) is 14.6. The maximum atomic E-state index is 12.6. The van der Waals surface area contributed by atoms with Crippen LogP contribution in [0.25, 0.3) is 0 Å². The van der Waals surface area contributed by atoms with Crippen molar-refractivity contribution in [2.75, 3.05) is 6.54 Å². The first-order valence-corrected chi connectivity index (χ1v) is 10.3. The molecular weight excluding hydrogens is 372 g/mol. The molecule has 2 amide bonds. The van der Waals surface area contributed by atoms with Gasteiger partial charge in [-0.1, -0.05) is 91.0 Å². The first kappa shape index (κ1) is 21.3. The fourth-order valence-electron chi connectivity index (χ4n) is 3.69. The van der Waals surface area contributed by atoms with Crippen LogP contribution < -0.4 is 10.6 Å². The van der Waals surface area contributed by atoms with Crippen molar-refractivity contribution in [3.8, 4) is 0 Å². The van der Waals surface area contributed by atoms with Crippen molar-refractivity contribution >= 4 is 11.8 Å². The molecule has 4 heteroatoms. The third-order valence-corrected chi connectivity index (χ3v) is 5.13. The number of rotatable bonds is 9. The molecule has 0 aromatic heterocycles. The Bertz CT molecular complexity index is 888. The zero-order valence-electron chi connectivity index (χ0n) is 17.3. The monoisotopic (exact) mass is 400 g/mol. The van der Waals surface area contributed by atoms with Crippen LogP contribution in [0.2, 0.25) is 0 Å². The quantitative estimate of drug-likeness (QED) is 0.552. The summed E-state index contributed by atoms with van der Waals surface area (Å²) in [5, 5.41) is 5.91. The molecule has 0 aliphatic carbocycles. The van der Waals surface area contributed by atoms with Crippen molar-refractivity contribution in [1.82, 2.24) is 10.6 Å². The van der Waals surface area contributed by atoms with Crippen LogP contribution in [0, 0.1) is 0 Å². The number of hydrogen-bond acceptors (Lipinski definition) is 2. The third kappa shape index (κ3) is 6.31. The van der Waals surface area contributed by atoms with E-state index >= 15 is 0 Å². The Morgan fingerprint density at radius 1 is 0.733 bits per heavy atom. The molecule has 0 saturated carbocycles. The van der Waals surface area contributed by atoms with Crippen LogP contribution in [0.15, 0.2) is 91.0 Å². The standard InChI is InChI=1S/C26H28N2O2/c1-20(29)28-25(23-15-9-4-10-16-23)19-26(30)27-18-17-24(21-11-5-2-6-12-21)22-13-7-3-8-14-22/h2-16,24-25H,17-19H2,1H3,(H,27,30)(H,28,29). The van der Waals surface area contributed by atoms with Crippen LogP contribution in [0.3, 0.4) is 0 Å². The Morgan fingerprint density at radius 3 is 1.67 bits per heavy atom. The second kappa shape index (κ2) is 11.0. The summed E-state index contributed by atoms with van der Waals surface area (Å²) >= 11 is 0. The lowest BCUT2D eigenvalue weighted by atomic mass is 9.88. The van der Waals surface area contributed by atoms with Crippen molar-refractivity contribution in [3.63, 3.8) is 0 Å². The Balaban J connectivity index is 1.61.